The van der Waals surface area contributed by atoms with Crippen molar-refractivity contribution >= 4 is 11.9 Å². The number of hydrogen-bond acceptors (Lipinski definition) is 6. The van der Waals surface area contributed by atoms with Crippen molar-refractivity contribution in [3.05, 3.63) is 36.2 Å². The first kappa shape index (κ1) is 17.6. The molecule has 2 rings (SSSR count). The van der Waals surface area contributed by atoms with E-state index in [-0.39, 0.29) is 19.4 Å². The predicted molar refractivity (Wildman–Crippen MR) is 84.1 cm³/mol. The minimum Gasteiger partial charge on any atom is -0.479 e. The second-order valence-corrected chi connectivity index (χ2v) is 5.49. The van der Waals surface area contributed by atoms with Gasteiger partial charge in [0.1, 0.15) is 0 Å². The standard InChI is InChI=1S/C16H19N3O5/c1-16(10-23-2,15(21)22)17-12(20)8-9-13-18-19-14(24-13)11-6-4-3-5-7-11/h3-7H,8-10H2,1-2H3,(H,17,20)(H,21,22). The van der Waals surface area contributed by atoms with Crippen molar-refractivity contribution in [2.45, 2.75) is 25.3 Å². The maximum atomic E-state index is 12.0. The third-order valence-electron chi connectivity index (χ3n) is 3.37. The van der Waals surface area contributed by atoms with Crippen molar-refractivity contribution in [1.29, 1.82) is 0 Å². The Balaban J connectivity index is 1.93. The summed E-state index contributed by atoms with van der Waals surface area (Å²) in [5.41, 5.74) is -0.685. The Bertz CT molecular complexity index is 701. The summed E-state index contributed by atoms with van der Waals surface area (Å²) in [5.74, 6) is -0.910. The van der Waals surface area contributed by atoms with Gasteiger partial charge in [0.05, 0.1) is 6.61 Å². The van der Waals surface area contributed by atoms with Gasteiger partial charge in [-0.25, -0.2) is 4.79 Å². The number of aryl methyl sites for hydroxylation is 1. The van der Waals surface area contributed by atoms with Gasteiger partial charge in [-0.05, 0) is 19.1 Å². The Labute approximate surface area is 138 Å². The summed E-state index contributed by atoms with van der Waals surface area (Å²) in [7, 11) is 1.37. The molecule has 0 saturated carbocycles. The van der Waals surface area contributed by atoms with E-state index >= 15 is 0 Å². The Morgan fingerprint density at radius 1 is 1.29 bits per heavy atom. The Kier molecular flexibility index (Phi) is 5.64. The zero-order valence-electron chi connectivity index (χ0n) is 13.5. The Morgan fingerprint density at radius 3 is 2.62 bits per heavy atom. The predicted octanol–water partition coefficient (Wildman–Crippen LogP) is 1.28. The second kappa shape index (κ2) is 7.69. The van der Waals surface area contributed by atoms with Gasteiger partial charge >= 0.3 is 5.97 Å². The van der Waals surface area contributed by atoms with Crippen LogP contribution in [0.25, 0.3) is 11.5 Å². The number of aromatic nitrogens is 2. The van der Waals surface area contributed by atoms with Crippen LogP contribution in [0.15, 0.2) is 34.7 Å². The van der Waals surface area contributed by atoms with Gasteiger partial charge in [0.15, 0.2) is 5.54 Å². The van der Waals surface area contributed by atoms with Crippen molar-refractivity contribution in [3.8, 4) is 11.5 Å². The lowest BCUT2D eigenvalue weighted by Crippen LogP contribution is -2.55. The van der Waals surface area contributed by atoms with Crippen LogP contribution in [-0.2, 0) is 20.7 Å². The molecule has 0 spiro atoms. The molecule has 0 bridgehead atoms. The summed E-state index contributed by atoms with van der Waals surface area (Å²) in [6.07, 6.45) is 0.247. The molecule has 0 saturated heterocycles. The number of carboxylic acids is 1. The fourth-order valence-corrected chi connectivity index (χ4v) is 2.08. The van der Waals surface area contributed by atoms with Crippen LogP contribution in [0.2, 0.25) is 0 Å². The number of hydrogen-bond donors (Lipinski definition) is 2. The fraction of sp³-hybridized carbons (Fsp3) is 0.375. The summed E-state index contributed by atoms with van der Waals surface area (Å²) in [6.45, 7) is 1.25. The normalized spacial score (nSPS) is 13.2. The lowest BCUT2D eigenvalue weighted by molar-refractivity contribution is -0.149. The zero-order valence-corrected chi connectivity index (χ0v) is 13.5. The van der Waals surface area contributed by atoms with Gasteiger partial charge in [0.25, 0.3) is 0 Å². The SMILES string of the molecule is COCC(C)(NC(=O)CCc1nnc(-c2ccccc2)o1)C(=O)O. The molecule has 2 aromatic rings. The molecular weight excluding hydrogens is 314 g/mol. The largest absolute Gasteiger partial charge is 0.479 e. The van der Waals surface area contributed by atoms with E-state index in [1.165, 1.54) is 14.0 Å². The molecule has 1 aromatic carbocycles. The minimum absolute atomic E-state index is 0.0308. The van der Waals surface area contributed by atoms with Crippen LogP contribution in [0, 0.1) is 0 Å². The quantitative estimate of drug-likeness (QED) is 0.747. The molecule has 0 fully saturated rings. The molecule has 1 unspecified atom stereocenters. The van der Waals surface area contributed by atoms with E-state index in [0.29, 0.717) is 11.8 Å². The topological polar surface area (TPSA) is 115 Å². The van der Waals surface area contributed by atoms with Crippen molar-refractivity contribution in [2.24, 2.45) is 0 Å². The summed E-state index contributed by atoms with van der Waals surface area (Å²) in [6, 6.07) is 9.27. The van der Waals surface area contributed by atoms with Crippen LogP contribution in [0.5, 0.6) is 0 Å². The smallest absolute Gasteiger partial charge is 0.331 e. The number of aliphatic carboxylic acids is 1. The van der Waals surface area contributed by atoms with Crippen molar-refractivity contribution < 1.29 is 23.8 Å². The number of benzene rings is 1. The third kappa shape index (κ3) is 4.39. The van der Waals surface area contributed by atoms with E-state index in [4.69, 9.17) is 9.15 Å². The molecule has 1 aromatic heterocycles. The average Bonchev–Trinajstić information content (AvgIpc) is 3.03. The lowest BCUT2D eigenvalue weighted by Gasteiger charge is -2.25. The van der Waals surface area contributed by atoms with Crippen LogP contribution in [0.4, 0.5) is 0 Å². The van der Waals surface area contributed by atoms with Gasteiger partial charge in [-0.3, -0.25) is 4.79 Å². The summed E-state index contributed by atoms with van der Waals surface area (Å²) in [5, 5.41) is 19.5. The van der Waals surface area contributed by atoms with Crippen LogP contribution in [0.1, 0.15) is 19.2 Å². The number of rotatable bonds is 8. The number of amides is 1. The van der Waals surface area contributed by atoms with Crippen LogP contribution >= 0.6 is 0 Å². The monoisotopic (exact) mass is 333 g/mol. The molecule has 0 aliphatic carbocycles. The molecule has 0 aliphatic rings. The first-order valence-corrected chi connectivity index (χ1v) is 7.36. The van der Waals surface area contributed by atoms with E-state index in [2.05, 4.69) is 15.5 Å². The molecule has 8 nitrogen and oxygen atoms in total. The number of ether oxygens (including phenoxy) is 1. The maximum absolute atomic E-state index is 12.0. The third-order valence-corrected chi connectivity index (χ3v) is 3.37. The van der Waals surface area contributed by atoms with Gasteiger partial charge in [-0.2, -0.15) is 0 Å². The number of nitrogens with one attached hydrogen (secondary N) is 1. The van der Waals surface area contributed by atoms with Crippen LogP contribution in [0.3, 0.4) is 0 Å². The highest BCUT2D eigenvalue weighted by atomic mass is 16.5. The minimum atomic E-state index is -1.48. The number of carbonyl (C=O) groups is 2. The molecule has 8 heteroatoms. The first-order valence-electron chi connectivity index (χ1n) is 7.36. The highest BCUT2D eigenvalue weighted by Gasteiger charge is 2.34. The van der Waals surface area contributed by atoms with E-state index in [9.17, 15) is 14.7 Å². The number of nitrogens with zero attached hydrogens (tertiary/aromatic N) is 2. The molecule has 1 amide bonds. The second-order valence-electron chi connectivity index (χ2n) is 5.49. The number of carboxylic acid groups (broad SMARTS) is 1. The molecule has 24 heavy (non-hydrogen) atoms. The maximum Gasteiger partial charge on any atom is 0.331 e. The Morgan fingerprint density at radius 2 is 2.00 bits per heavy atom. The Hall–Kier alpha value is -2.74. The van der Waals surface area contributed by atoms with Crippen LogP contribution < -0.4 is 5.32 Å². The van der Waals surface area contributed by atoms with E-state index in [1.807, 2.05) is 30.3 Å². The molecule has 1 atom stereocenters. The summed E-state index contributed by atoms with van der Waals surface area (Å²) < 4.78 is 10.3. The van der Waals surface area contributed by atoms with Gasteiger partial charge in [-0.1, -0.05) is 18.2 Å². The number of carbonyl (C=O) groups excluding carboxylic acids is 1. The number of methoxy groups -OCH3 is 1. The molecule has 0 aliphatic heterocycles. The zero-order chi connectivity index (χ0) is 17.6. The summed E-state index contributed by atoms with van der Waals surface area (Å²) in [4.78, 5) is 23.2. The molecule has 0 radical (unpaired) electrons. The van der Waals surface area contributed by atoms with Gasteiger partial charge < -0.3 is 19.6 Å². The fourth-order valence-electron chi connectivity index (χ4n) is 2.08. The summed E-state index contributed by atoms with van der Waals surface area (Å²) >= 11 is 0. The van der Waals surface area contributed by atoms with Crippen molar-refractivity contribution in [1.82, 2.24) is 15.5 Å². The molecule has 1 heterocycles. The highest BCUT2D eigenvalue weighted by Crippen LogP contribution is 2.17. The van der Waals surface area contributed by atoms with Crippen molar-refractivity contribution in [2.75, 3.05) is 13.7 Å². The van der Waals surface area contributed by atoms with E-state index < -0.39 is 17.4 Å². The first-order chi connectivity index (χ1) is 11.4. The lowest BCUT2D eigenvalue weighted by atomic mass is 10.0. The van der Waals surface area contributed by atoms with Gasteiger partial charge in [-0.15, -0.1) is 10.2 Å². The molecule has 2 N–H and O–H groups in total. The highest BCUT2D eigenvalue weighted by molar-refractivity contribution is 5.86. The van der Waals surface area contributed by atoms with E-state index in [0.717, 1.165) is 5.56 Å². The van der Waals surface area contributed by atoms with E-state index in [1.54, 1.807) is 0 Å². The van der Waals surface area contributed by atoms with Gasteiger partial charge in [0.2, 0.25) is 17.7 Å². The molecule has 128 valence electrons. The van der Waals surface area contributed by atoms with Crippen LogP contribution in [-0.4, -0.2) is 46.4 Å². The van der Waals surface area contributed by atoms with Gasteiger partial charge in [0, 0.05) is 25.5 Å². The molecular formula is C16H19N3O5. The van der Waals surface area contributed by atoms with Crippen molar-refractivity contribution in [3.63, 3.8) is 0 Å². The average molecular weight is 333 g/mol.